The fourth-order valence-corrected chi connectivity index (χ4v) is 7.07. The highest BCUT2D eigenvalue weighted by molar-refractivity contribution is 5.71. The summed E-state index contributed by atoms with van der Waals surface area (Å²) in [5.41, 5.74) is 0. The zero-order chi connectivity index (χ0) is 42.1. The molecule has 0 aromatic carbocycles. The van der Waals surface area contributed by atoms with Crippen molar-refractivity contribution in [3.8, 4) is 0 Å². The van der Waals surface area contributed by atoms with Gasteiger partial charge in [-0.1, -0.05) is 206 Å². The third-order valence-corrected chi connectivity index (χ3v) is 10.9. The molecule has 1 N–H and O–H groups in total. The van der Waals surface area contributed by atoms with Gasteiger partial charge in [0, 0.05) is 12.8 Å². The number of rotatable bonds is 45. The number of carboxylic acid groups (broad SMARTS) is 1. The molecule has 0 saturated heterocycles. The molecule has 0 aliphatic carbocycles. The Kier molecular flexibility index (Phi) is 39.8. The van der Waals surface area contributed by atoms with Gasteiger partial charge in [-0.05, 0) is 12.8 Å². The van der Waals surface area contributed by atoms with Crippen LogP contribution in [0.5, 0.6) is 0 Å². The van der Waals surface area contributed by atoms with E-state index in [1.807, 2.05) is 21.1 Å². The quantitative estimate of drug-likeness (QED) is 0.0280. The molecule has 0 rings (SSSR count). The molecule has 338 valence electrons. The SMILES string of the molecule is CCCCCCCCCCCCCCCCCCCCCCCCC(=O)OC(COC(=O)CCCCCCCCCCCC)COC(OCC[N+](C)(C)C)C(=O)O. The largest absolute Gasteiger partial charge is 0.477 e. The smallest absolute Gasteiger partial charge is 0.361 e. The van der Waals surface area contributed by atoms with E-state index >= 15 is 0 Å². The normalized spacial score (nSPS) is 12.8. The first-order valence-electron chi connectivity index (χ1n) is 24.2. The summed E-state index contributed by atoms with van der Waals surface area (Å²) in [6.45, 7) is 4.89. The number of unbranched alkanes of at least 4 members (excludes halogenated alkanes) is 30. The number of aliphatic carboxylic acids is 1. The second kappa shape index (κ2) is 41.0. The summed E-state index contributed by atoms with van der Waals surface area (Å²) in [7, 11) is 5.96. The standard InChI is InChI=1S/C48H93NO8/c1-6-8-10-12-14-16-18-19-20-21-22-23-24-25-26-27-28-29-31-33-35-37-39-46(51)57-44(43-56-48(47(52)53)54-41-40-49(3,4)5)42-55-45(50)38-36-34-32-30-17-15-13-11-9-7-2/h44,48H,6-43H2,1-5H3/p+1. The molecule has 0 spiro atoms. The molecular weight excluding hydrogens is 719 g/mol. The second-order valence-electron chi connectivity index (χ2n) is 17.8. The van der Waals surface area contributed by atoms with E-state index in [4.69, 9.17) is 18.9 Å². The van der Waals surface area contributed by atoms with E-state index in [-0.39, 0.29) is 38.2 Å². The lowest BCUT2D eigenvalue weighted by Crippen LogP contribution is -2.40. The molecule has 0 fully saturated rings. The van der Waals surface area contributed by atoms with Crippen LogP contribution in [0.15, 0.2) is 0 Å². The number of likely N-dealkylation sites (N-methyl/N-ethyl adjacent to an activating group) is 1. The maximum atomic E-state index is 12.8. The molecule has 9 nitrogen and oxygen atoms in total. The number of hydrogen-bond acceptors (Lipinski definition) is 7. The van der Waals surface area contributed by atoms with Crippen LogP contribution in [-0.4, -0.2) is 87.4 Å². The third-order valence-electron chi connectivity index (χ3n) is 10.9. The highest BCUT2D eigenvalue weighted by Crippen LogP contribution is 2.17. The van der Waals surface area contributed by atoms with Crippen LogP contribution < -0.4 is 0 Å². The summed E-state index contributed by atoms with van der Waals surface area (Å²) >= 11 is 0. The van der Waals surface area contributed by atoms with E-state index in [2.05, 4.69) is 13.8 Å². The maximum Gasteiger partial charge on any atom is 0.361 e. The van der Waals surface area contributed by atoms with Crippen molar-refractivity contribution in [2.45, 2.75) is 245 Å². The maximum absolute atomic E-state index is 12.8. The van der Waals surface area contributed by atoms with Crippen LogP contribution in [0, 0.1) is 0 Å². The summed E-state index contributed by atoms with van der Waals surface area (Å²) in [5.74, 6) is -1.99. The van der Waals surface area contributed by atoms with Gasteiger partial charge in [0.25, 0.3) is 6.29 Å². The van der Waals surface area contributed by atoms with Crippen LogP contribution in [0.4, 0.5) is 0 Å². The minimum atomic E-state index is -1.50. The first kappa shape index (κ1) is 55.3. The van der Waals surface area contributed by atoms with Crippen LogP contribution >= 0.6 is 0 Å². The van der Waals surface area contributed by atoms with Crippen molar-refractivity contribution in [1.29, 1.82) is 0 Å². The summed E-state index contributed by atoms with van der Waals surface area (Å²) in [6.07, 6.45) is 38.9. The number of hydrogen-bond donors (Lipinski definition) is 1. The monoisotopic (exact) mass is 813 g/mol. The molecule has 2 atom stereocenters. The Hall–Kier alpha value is -1.71. The Morgan fingerprint density at radius 2 is 0.789 bits per heavy atom. The van der Waals surface area contributed by atoms with Gasteiger partial charge in [-0.15, -0.1) is 0 Å². The summed E-state index contributed by atoms with van der Waals surface area (Å²) in [4.78, 5) is 37.1. The lowest BCUT2D eigenvalue weighted by molar-refractivity contribution is -0.870. The van der Waals surface area contributed by atoms with Crippen molar-refractivity contribution < 1.29 is 42.9 Å². The van der Waals surface area contributed by atoms with Crippen LogP contribution in [0.1, 0.15) is 232 Å². The number of ether oxygens (including phenoxy) is 4. The summed E-state index contributed by atoms with van der Waals surface area (Å²) in [6, 6.07) is 0. The van der Waals surface area contributed by atoms with Crippen molar-refractivity contribution in [2.75, 3.05) is 47.5 Å². The first-order chi connectivity index (χ1) is 27.6. The van der Waals surface area contributed by atoms with Gasteiger partial charge in [0.05, 0.1) is 34.4 Å². The summed E-state index contributed by atoms with van der Waals surface area (Å²) in [5, 5.41) is 9.63. The predicted molar refractivity (Wildman–Crippen MR) is 235 cm³/mol. The lowest BCUT2D eigenvalue weighted by Gasteiger charge is -2.25. The highest BCUT2D eigenvalue weighted by atomic mass is 16.7. The van der Waals surface area contributed by atoms with E-state index in [0.717, 1.165) is 38.5 Å². The fraction of sp³-hybridized carbons (Fsp3) is 0.938. The van der Waals surface area contributed by atoms with Gasteiger partial charge in [-0.2, -0.15) is 0 Å². The molecule has 0 saturated carbocycles. The van der Waals surface area contributed by atoms with E-state index < -0.39 is 18.4 Å². The number of carbonyl (C=O) groups is 3. The first-order valence-corrected chi connectivity index (χ1v) is 24.2. The van der Waals surface area contributed by atoms with Crippen molar-refractivity contribution in [2.24, 2.45) is 0 Å². The van der Waals surface area contributed by atoms with Crippen molar-refractivity contribution in [3.63, 3.8) is 0 Å². The van der Waals surface area contributed by atoms with Crippen LogP contribution in [-0.2, 0) is 33.3 Å². The molecule has 2 unspecified atom stereocenters. The number of quaternary nitrogens is 1. The van der Waals surface area contributed by atoms with Gasteiger partial charge in [-0.25, -0.2) is 4.79 Å². The molecule has 0 aromatic rings. The molecule has 0 heterocycles. The predicted octanol–water partition coefficient (Wildman–Crippen LogP) is 12.9. The second-order valence-corrected chi connectivity index (χ2v) is 17.8. The van der Waals surface area contributed by atoms with Crippen molar-refractivity contribution in [1.82, 2.24) is 0 Å². The molecule has 57 heavy (non-hydrogen) atoms. The highest BCUT2D eigenvalue weighted by Gasteiger charge is 2.25. The minimum absolute atomic E-state index is 0.174. The average molecular weight is 813 g/mol. The Bertz CT molecular complexity index is 907. The summed E-state index contributed by atoms with van der Waals surface area (Å²) < 4.78 is 22.7. The van der Waals surface area contributed by atoms with Gasteiger partial charge >= 0.3 is 17.9 Å². The Morgan fingerprint density at radius 3 is 1.12 bits per heavy atom. The van der Waals surface area contributed by atoms with Gasteiger partial charge < -0.3 is 28.5 Å². The fourth-order valence-electron chi connectivity index (χ4n) is 7.07. The third kappa shape index (κ3) is 42.2. The van der Waals surface area contributed by atoms with E-state index in [1.54, 1.807) is 0 Å². The number of nitrogens with zero attached hydrogens (tertiary/aromatic N) is 1. The van der Waals surface area contributed by atoms with Crippen LogP contribution in [0.25, 0.3) is 0 Å². The Labute approximate surface area is 352 Å². The van der Waals surface area contributed by atoms with E-state index in [9.17, 15) is 19.5 Å². The molecule has 0 aliphatic heterocycles. The number of esters is 2. The van der Waals surface area contributed by atoms with Gasteiger partial charge in [0.1, 0.15) is 13.2 Å². The Balaban J connectivity index is 4.23. The molecule has 0 bridgehead atoms. The Morgan fingerprint density at radius 1 is 0.456 bits per heavy atom. The number of carboxylic acids is 1. The lowest BCUT2D eigenvalue weighted by atomic mass is 10.0. The van der Waals surface area contributed by atoms with Gasteiger partial charge in [0.15, 0.2) is 6.10 Å². The minimum Gasteiger partial charge on any atom is -0.477 e. The molecule has 0 radical (unpaired) electrons. The van der Waals surface area contributed by atoms with Gasteiger partial charge in [0.2, 0.25) is 0 Å². The molecular formula is C48H94NO8+. The molecule has 0 aliphatic rings. The van der Waals surface area contributed by atoms with Crippen molar-refractivity contribution in [3.05, 3.63) is 0 Å². The molecule has 0 amide bonds. The molecule has 0 aromatic heterocycles. The zero-order valence-electron chi connectivity index (χ0n) is 38.3. The zero-order valence-corrected chi connectivity index (χ0v) is 38.3. The number of carbonyl (C=O) groups excluding carboxylic acids is 2. The van der Waals surface area contributed by atoms with Crippen molar-refractivity contribution >= 4 is 17.9 Å². The molecule has 9 heteroatoms. The van der Waals surface area contributed by atoms with Crippen LogP contribution in [0.2, 0.25) is 0 Å². The van der Waals surface area contributed by atoms with E-state index in [1.165, 1.54) is 167 Å². The topological polar surface area (TPSA) is 108 Å². The van der Waals surface area contributed by atoms with E-state index in [0.29, 0.717) is 17.4 Å². The van der Waals surface area contributed by atoms with Crippen LogP contribution in [0.3, 0.4) is 0 Å². The van der Waals surface area contributed by atoms with Gasteiger partial charge in [-0.3, -0.25) is 9.59 Å². The average Bonchev–Trinajstić information content (AvgIpc) is 3.17.